The second kappa shape index (κ2) is 13.3. The standard InChI is InChI=1S/C54H35N3O2/c1-4-14-36(15-5-1)55(40-24-28-44-43-20-10-12-22-49(43)57(50(44)33-40)38-18-8-3-9-19-38)39-27-31-52-48(32-39)47-30-26-42(35-54(47)59-52)56(37-16-6-2-7-17-37)41-25-29-46-45-21-11-13-23-51(45)58-53(46)34-41/h1-35H. The summed E-state index contributed by atoms with van der Waals surface area (Å²) in [5.74, 6) is 0. The van der Waals surface area contributed by atoms with E-state index >= 15 is 0 Å². The Hall–Kier alpha value is -8.02. The minimum absolute atomic E-state index is 0.820. The van der Waals surface area contributed by atoms with Crippen molar-refractivity contribution in [3.8, 4) is 5.69 Å². The molecule has 0 saturated heterocycles. The number of benzene rings is 9. The molecule has 5 nitrogen and oxygen atoms in total. The Morgan fingerprint density at radius 3 is 1.37 bits per heavy atom. The summed E-state index contributed by atoms with van der Waals surface area (Å²) in [6.45, 7) is 0. The van der Waals surface area contributed by atoms with Gasteiger partial charge in [0.05, 0.1) is 11.0 Å². The lowest BCUT2D eigenvalue weighted by molar-refractivity contribution is 0.669. The molecule has 278 valence electrons. The predicted octanol–water partition coefficient (Wildman–Crippen LogP) is 15.5. The van der Waals surface area contributed by atoms with Crippen molar-refractivity contribution in [3.63, 3.8) is 0 Å². The molecule has 0 N–H and O–H groups in total. The molecule has 3 aromatic heterocycles. The van der Waals surface area contributed by atoms with Gasteiger partial charge in [-0.05, 0) is 103 Å². The Balaban J connectivity index is 0.995. The van der Waals surface area contributed by atoms with Crippen LogP contribution in [0.1, 0.15) is 0 Å². The first-order valence-electron chi connectivity index (χ1n) is 19.9. The lowest BCUT2D eigenvalue weighted by atomic mass is 10.1. The summed E-state index contributed by atoms with van der Waals surface area (Å²) in [5, 5.41) is 6.78. The largest absolute Gasteiger partial charge is 0.456 e. The van der Waals surface area contributed by atoms with Gasteiger partial charge in [-0.25, -0.2) is 0 Å². The van der Waals surface area contributed by atoms with Crippen molar-refractivity contribution in [2.24, 2.45) is 0 Å². The van der Waals surface area contributed by atoms with Gasteiger partial charge in [-0.15, -0.1) is 0 Å². The molecule has 0 unspecified atom stereocenters. The zero-order chi connectivity index (χ0) is 38.9. The van der Waals surface area contributed by atoms with Crippen LogP contribution in [0.4, 0.5) is 34.1 Å². The highest BCUT2D eigenvalue weighted by Crippen LogP contribution is 2.44. The molecular formula is C54H35N3O2. The van der Waals surface area contributed by atoms with Crippen LogP contribution in [0.25, 0.3) is 71.4 Å². The number of anilines is 6. The molecule has 0 radical (unpaired) electrons. The van der Waals surface area contributed by atoms with Crippen molar-refractivity contribution in [1.29, 1.82) is 0 Å². The van der Waals surface area contributed by atoms with Crippen LogP contribution in [0, 0.1) is 0 Å². The van der Waals surface area contributed by atoms with Crippen LogP contribution in [0.2, 0.25) is 0 Å². The first-order chi connectivity index (χ1) is 29.2. The predicted molar refractivity (Wildman–Crippen MR) is 245 cm³/mol. The monoisotopic (exact) mass is 757 g/mol. The SMILES string of the molecule is c1ccc(N(c2ccc3c(c2)oc2ccccc23)c2ccc3c(c2)oc2ccc(N(c4ccccc4)c4ccc5c6ccccc6n(-c6ccccc6)c5c4)cc23)cc1. The summed E-state index contributed by atoms with van der Waals surface area (Å²) in [6.07, 6.45) is 0. The fourth-order valence-corrected chi connectivity index (χ4v) is 8.89. The van der Waals surface area contributed by atoms with Crippen LogP contribution in [0.5, 0.6) is 0 Å². The zero-order valence-electron chi connectivity index (χ0n) is 31.9. The topological polar surface area (TPSA) is 37.7 Å². The van der Waals surface area contributed by atoms with E-state index in [1.807, 2.05) is 18.2 Å². The Bertz CT molecular complexity index is 3510. The molecule has 0 bridgehead atoms. The van der Waals surface area contributed by atoms with Crippen LogP contribution in [-0.4, -0.2) is 4.57 Å². The third kappa shape index (κ3) is 5.40. The third-order valence-corrected chi connectivity index (χ3v) is 11.5. The number of nitrogens with zero attached hydrogens (tertiary/aromatic N) is 3. The minimum Gasteiger partial charge on any atom is -0.456 e. The van der Waals surface area contributed by atoms with Gasteiger partial charge in [-0.1, -0.05) is 97.1 Å². The van der Waals surface area contributed by atoms with Crippen molar-refractivity contribution in [1.82, 2.24) is 4.57 Å². The molecular weight excluding hydrogens is 723 g/mol. The molecule has 59 heavy (non-hydrogen) atoms. The summed E-state index contributed by atoms with van der Waals surface area (Å²) in [6, 6.07) is 74.8. The summed E-state index contributed by atoms with van der Waals surface area (Å²) in [5.41, 5.74) is 13.1. The molecule has 5 heteroatoms. The smallest absolute Gasteiger partial charge is 0.137 e. The molecule has 0 amide bonds. The van der Waals surface area contributed by atoms with Gasteiger partial charge in [0.25, 0.3) is 0 Å². The zero-order valence-corrected chi connectivity index (χ0v) is 31.9. The fourth-order valence-electron chi connectivity index (χ4n) is 8.89. The van der Waals surface area contributed by atoms with Gasteiger partial charge in [-0.2, -0.15) is 0 Å². The lowest BCUT2D eigenvalue weighted by Crippen LogP contribution is -2.10. The van der Waals surface area contributed by atoms with E-state index in [1.165, 1.54) is 16.3 Å². The van der Waals surface area contributed by atoms with Crippen molar-refractivity contribution in [3.05, 3.63) is 212 Å². The molecule has 0 aliphatic heterocycles. The van der Waals surface area contributed by atoms with Crippen LogP contribution < -0.4 is 9.80 Å². The van der Waals surface area contributed by atoms with Gasteiger partial charge < -0.3 is 23.2 Å². The first kappa shape index (κ1) is 33.2. The van der Waals surface area contributed by atoms with E-state index in [4.69, 9.17) is 8.83 Å². The highest BCUT2D eigenvalue weighted by Gasteiger charge is 2.21. The van der Waals surface area contributed by atoms with Gasteiger partial charge in [0.15, 0.2) is 0 Å². The van der Waals surface area contributed by atoms with E-state index in [0.29, 0.717) is 0 Å². The van der Waals surface area contributed by atoms with Crippen molar-refractivity contribution in [2.75, 3.05) is 9.80 Å². The average Bonchev–Trinajstić information content (AvgIpc) is 3.96. The first-order valence-corrected chi connectivity index (χ1v) is 19.9. The molecule has 0 aliphatic carbocycles. The van der Waals surface area contributed by atoms with Crippen molar-refractivity contribution >= 4 is 99.8 Å². The van der Waals surface area contributed by atoms with E-state index in [0.717, 1.165) is 89.2 Å². The number of fused-ring (bicyclic) bond motifs is 9. The van der Waals surface area contributed by atoms with Crippen LogP contribution in [0.3, 0.4) is 0 Å². The Labute approximate surface area is 339 Å². The van der Waals surface area contributed by atoms with Crippen LogP contribution in [0.15, 0.2) is 221 Å². The molecule has 0 fully saturated rings. The van der Waals surface area contributed by atoms with Crippen molar-refractivity contribution < 1.29 is 8.83 Å². The van der Waals surface area contributed by atoms with Gasteiger partial charge in [0.2, 0.25) is 0 Å². The maximum atomic E-state index is 6.66. The summed E-state index contributed by atoms with van der Waals surface area (Å²) in [7, 11) is 0. The maximum absolute atomic E-state index is 6.66. The quantitative estimate of drug-likeness (QED) is 0.162. The minimum atomic E-state index is 0.820. The average molecular weight is 758 g/mol. The Kier molecular flexibility index (Phi) is 7.47. The molecule has 12 aromatic rings. The molecule has 0 aliphatic rings. The van der Waals surface area contributed by atoms with Gasteiger partial charge >= 0.3 is 0 Å². The lowest BCUT2D eigenvalue weighted by Gasteiger charge is -2.26. The van der Waals surface area contributed by atoms with Gasteiger partial charge in [0.1, 0.15) is 22.3 Å². The molecule has 3 heterocycles. The molecule has 9 aromatic carbocycles. The normalized spacial score (nSPS) is 11.7. The van der Waals surface area contributed by atoms with E-state index in [1.54, 1.807) is 0 Å². The highest BCUT2D eigenvalue weighted by atomic mass is 16.3. The molecule has 0 saturated carbocycles. The number of rotatable bonds is 7. The number of aromatic nitrogens is 1. The number of hydrogen-bond donors (Lipinski definition) is 0. The summed E-state index contributed by atoms with van der Waals surface area (Å²) >= 11 is 0. The Morgan fingerprint density at radius 2 is 0.712 bits per heavy atom. The summed E-state index contributed by atoms with van der Waals surface area (Å²) < 4.78 is 15.4. The van der Waals surface area contributed by atoms with E-state index in [9.17, 15) is 0 Å². The van der Waals surface area contributed by atoms with Crippen LogP contribution >= 0.6 is 0 Å². The van der Waals surface area contributed by atoms with Crippen molar-refractivity contribution in [2.45, 2.75) is 0 Å². The Morgan fingerprint density at radius 1 is 0.271 bits per heavy atom. The fraction of sp³-hybridized carbons (Fsp3) is 0. The second-order valence-corrected chi connectivity index (χ2v) is 15.0. The van der Waals surface area contributed by atoms with E-state index < -0.39 is 0 Å². The third-order valence-electron chi connectivity index (χ3n) is 11.5. The number of para-hydroxylation sites is 5. The maximum Gasteiger partial charge on any atom is 0.137 e. The van der Waals surface area contributed by atoms with E-state index in [2.05, 4.69) is 208 Å². The van der Waals surface area contributed by atoms with Gasteiger partial charge in [-0.3, -0.25) is 0 Å². The molecule has 12 rings (SSSR count). The van der Waals surface area contributed by atoms with E-state index in [-0.39, 0.29) is 0 Å². The molecule has 0 spiro atoms. The van der Waals surface area contributed by atoms with Gasteiger partial charge in [0, 0.05) is 84.3 Å². The second-order valence-electron chi connectivity index (χ2n) is 15.0. The summed E-state index contributed by atoms with van der Waals surface area (Å²) in [4.78, 5) is 4.59. The highest BCUT2D eigenvalue weighted by molar-refractivity contribution is 6.11. The molecule has 0 atom stereocenters. The van der Waals surface area contributed by atoms with Crippen LogP contribution in [-0.2, 0) is 0 Å². The number of furan rings is 2. The number of hydrogen-bond acceptors (Lipinski definition) is 4.